The van der Waals surface area contributed by atoms with Crippen molar-refractivity contribution in [3.05, 3.63) is 258 Å². The van der Waals surface area contributed by atoms with Crippen molar-refractivity contribution in [3.8, 4) is 78.6 Å². The molecule has 14 rings (SSSR count). The van der Waals surface area contributed by atoms with E-state index >= 15 is 0 Å². The summed E-state index contributed by atoms with van der Waals surface area (Å²) in [6, 6.07) is 81.4. The number of fused-ring (bicyclic) bond motifs is 16. The topological polar surface area (TPSA) is 21.7 Å². The molecule has 0 saturated heterocycles. The Hall–Kier alpha value is -8.40. The van der Waals surface area contributed by atoms with Crippen molar-refractivity contribution < 1.29 is 9.47 Å². The molecule has 1 aliphatic heterocycles. The van der Waals surface area contributed by atoms with Crippen LogP contribution in [-0.4, -0.2) is 0 Å². The molecule has 67 heavy (non-hydrogen) atoms. The van der Waals surface area contributed by atoms with E-state index in [1.165, 1.54) is 61.2 Å². The number of hydrogen-bond acceptors (Lipinski definition) is 3. The van der Waals surface area contributed by atoms with Crippen molar-refractivity contribution in [2.45, 2.75) is 24.7 Å². The maximum atomic E-state index is 7.44. The number of hydrogen-bond donors (Lipinski definition) is 0. The summed E-state index contributed by atoms with van der Waals surface area (Å²) in [6.45, 7) is 4.68. The molecule has 316 valence electrons. The molecule has 1 spiro atoms. The summed E-state index contributed by atoms with van der Waals surface area (Å²) in [5.74, 6) is 2.78. The molecule has 0 saturated carbocycles. The molecule has 4 aliphatic rings. The second-order valence-electron chi connectivity index (χ2n) is 18.7. The van der Waals surface area contributed by atoms with E-state index in [1.807, 2.05) is 6.07 Å². The average Bonchev–Trinajstić information content (AvgIpc) is 3.95. The standard InChI is InChI=1S/C64H43NO2/c1-63(2)51-24-10-6-20-46(51)49-35-32-43(39-56(49)63)41-30-33-44(34-31-41)65(45-19-14-18-42(38-45)40-16-4-3-5-17-40)57-28-15-29-58-61(57)67-62-59(66-58)37-36-55-60(62)50-23-9-13-27-54(50)64(55)52-25-11-7-21-47(52)48-22-8-12-26-53(48)64/h3-39H,1-2H3. The van der Waals surface area contributed by atoms with Gasteiger partial charge >= 0.3 is 0 Å². The minimum atomic E-state index is -0.498. The maximum Gasteiger partial charge on any atom is 0.194 e. The minimum Gasteiger partial charge on any atom is -0.449 e. The highest BCUT2D eigenvalue weighted by Crippen LogP contribution is 2.67. The predicted octanol–water partition coefficient (Wildman–Crippen LogP) is 17.0. The fourth-order valence-electron chi connectivity index (χ4n) is 12.0. The Morgan fingerprint density at radius 1 is 0.328 bits per heavy atom. The third-order valence-corrected chi connectivity index (χ3v) is 15.0. The van der Waals surface area contributed by atoms with E-state index in [0.29, 0.717) is 17.2 Å². The van der Waals surface area contributed by atoms with Crippen LogP contribution in [0.3, 0.4) is 0 Å². The first-order chi connectivity index (χ1) is 33.0. The summed E-state index contributed by atoms with van der Waals surface area (Å²) < 4.78 is 14.4. The highest BCUT2D eigenvalue weighted by molar-refractivity contribution is 5.98. The lowest BCUT2D eigenvalue weighted by molar-refractivity contribution is 0.361. The van der Waals surface area contributed by atoms with E-state index in [0.717, 1.165) is 50.6 Å². The molecule has 0 N–H and O–H groups in total. The molecule has 0 radical (unpaired) electrons. The molecule has 10 aromatic rings. The zero-order valence-electron chi connectivity index (χ0n) is 37.1. The Morgan fingerprint density at radius 3 is 1.60 bits per heavy atom. The van der Waals surface area contributed by atoms with E-state index in [4.69, 9.17) is 9.47 Å². The van der Waals surface area contributed by atoms with Crippen LogP contribution in [0.4, 0.5) is 17.1 Å². The zero-order valence-corrected chi connectivity index (χ0v) is 37.1. The molecule has 3 aliphatic carbocycles. The van der Waals surface area contributed by atoms with Gasteiger partial charge in [-0.2, -0.15) is 0 Å². The molecule has 3 nitrogen and oxygen atoms in total. The molecule has 0 unspecified atom stereocenters. The fraction of sp³-hybridized carbons (Fsp3) is 0.0625. The van der Waals surface area contributed by atoms with Gasteiger partial charge < -0.3 is 14.4 Å². The van der Waals surface area contributed by atoms with Gasteiger partial charge in [0, 0.05) is 22.4 Å². The van der Waals surface area contributed by atoms with Crippen LogP contribution >= 0.6 is 0 Å². The lowest BCUT2D eigenvalue weighted by atomic mass is 9.70. The van der Waals surface area contributed by atoms with Crippen molar-refractivity contribution in [1.82, 2.24) is 0 Å². The van der Waals surface area contributed by atoms with Crippen LogP contribution in [0.1, 0.15) is 47.2 Å². The van der Waals surface area contributed by atoms with E-state index in [2.05, 4.69) is 237 Å². The Bertz CT molecular complexity index is 3630. The third kappa shape index (κ3) is 5.28. The SMILES string of the molecule is CC1(C)c2ccccc2-c2ccc(-c3ccc(N(c4cccc(-c5ccccc5)c4)c4cccc5c4Oc4c(ccc6c4-c4ccccc4C64c6ccccc6-c6ccccc64)O5)cc3)cc21. The average molecular weight is 858 g/mol. The van der Waals surface area contributed by atoms with Crippen molar-refractivity contribution >= 4 is 17.1 Å². The van der Waals surface area contributed by atoms with Gasteiger partial charge in [-0.05, 0) is 132 Å². The lowest BCUT2D eigenvalue weighted by Gasteiger charge is -2.32. The van der Waals surface area contributed by atoms with Gasteiger partial charge in [0.05, 0.1) is 11.1 Å². The van der Waals surface area contributed by atoms with Crippen molar-refractivity contribution in [2.75, 3.05) is 4.90 Å². The lowest BCUT2D eigenvalue weighted by Crippen LogP contribution is -2.25. The third-order valence-electron chi connectivity index (χ3n) is 15.0. The first-order valence-electron chi connectivity index (χ1n) is 23.2. The number of anilines is 3. The van der Waals surface area contributed by atoms with E-state index in [-0.39, 0.29) is 5.41 Å². The smallest absolute Gasteiger partial charge is 0.194 e. The van der Waals surface area contributed by atoms with Gasteiger partial charge in [-0.15, -0.1) is 0 Å². The number of para-hydroxylation sites is 1. The second kappa shape index (κ2) is 14.1. The predicted molar refractivity (Wildman–Crippen MR) is 272 cm³/mol. The molecule has 1 heterocycles. The Kier molecular flexibility index (Phi) is 7.95. The zero-order chi connectivity index (χ0) is 44.4. The highest BCUT2D eigenvalue weighted by atomic mass is 16.6. The minimum absolute atomic E-state index is 0.0790. The Morgan fingerprint density at radius 2 is 0.866 bits per heavy atom. The molecule has 0 fully saturated rings. The van der Waals surface area contributed by atoms with Crippen molar-refractivity contribution in [3.63, 3.8) is 0 Å². The summed E-state index contributed by atoms with van der Waals surface area (Å²) in [6.07, 6.45) is 0. The molecular formula is C64H43NO2. The quantitative estimate of drug-likeness (QED) is 0.172. The summed E-state index contributed by atoms with van der Waals surface area (Å²) >= 11 is 0. The normalized spacial score (nSPS) is 14.3. The van der Waals surface area contributed by atoms with Crippen LogP contribution in [-0.2, 0) is 10.8 Å². The first kappa shape index (κ1) is 37.9. The highest BCUT2D eigenvalue weighted by Gasteiger charge is 2.53. The number of rotatable bonds is 5. The first-order valence-corrected chi connectivity index (χ1v) is 23.2. The summed E-state index contributed by atoms with van der Waals surface area (Å²) in [5, 5.41) is 0. The van der Waals surface area contributed by atoms with Crippen LogP contribution < -0.4 is 14.4 Å². The van der Waals surface area contributed by atoms with E-state index in [1.54, 1.807) is 0 Å². The van der Waals surface area contributed by atoms with Crippen molar-refractivity contribution in [2.24, 2.45) is 0 Å². The van der Waals surface area contributed by atoms with Crippen LogP contribution in [0, 0.1) is 0 Å². The van der Waals surface area contributed by atoms with Gasteiger partial charge in [0.15, 0.2) is 23.0 Å². The Balaban J connectivity index is 0.921. The van der Waals surface area contributed by atoms with Gasteiger partial charge in [-0.25, -0.2) is 0 Å². The summed E-state index contributed by atoms with van der Waals surface area (Å²) in [4.78, 5) is 2.31. The summed E-state index contributed by atoms with van der Waals surface area (Å²) in [5.41, 5.74) is 22.2. The maximum absolute atomic E-state index is 7.44. The van der Waals surface area contributed by atoms with Gasteiger partial charge in [-0.3, -0.25) is 0 Å². The largest absolute Gasteiger partial charge is 0.449 e. The number of nitrogens with zero attached hydrogens (tertiary/aromatic N) is 1. The van der Waals surface area contributed by atoms with Gasteiger partial charge in [0.25, 0.3) is 0 Å². The molecular weight excluding hydrogens is 815 g/mol. The molecule has 0 atom stereocenters. The molecule has 10 aromatic carbocycles. The van der Waals surface area contributed by atoms with E-state index < -0.39 is 5.41 Å². The molecule has 0 bridgehead atoms. The number of benzene rings is 10. The van der Waals surface area contributed by atoms with Gasteiger partial charge in [0.1, 0.15) is 0 Å². The van der Waals surface area contributed by atoms with Crippen molar-refractivity contribution in [1.29, 1.82) is 0 Å². The fourth-order valence-corrected chi connectivity index (χ4v) is 12.0. The number of ether oxygens (including phenoxy) is 2. The van der Waals surface area contributed by atoms with Crippen LogP contribution in [0.5, 0.6) is 23.0 Å². The summed E-state index contributed by atoms with van der Waals surface area (Å²) in [7, 11) is 0. The Labute approximate surface area is 390 Å². The molecule has 0 aromatic heterocycles. The molecule has 0 amide bonds. The van der Waals surface area contributed by atoms with Crippen LogP contribution in [0.25, 0.3) is 55.6 Å². The van der Waals surface area contributed by atoms with Gasteiger partial charge in [0.2, 0.25) is 0 Å². The van der Waals surface area contributed by atoms with Crippen LogP contribution in [0.15, 0.2) is 224 Å². The monoisotopic (exact) mass is 857 g/mol. The van der Waals surface area contributed by atoms with E-state index in [9.17, 15) is 0 Å². The molecule has 3 heteroatoms. The second-order valence-corrected chi connectivity index (χ2v) is 18.7. The van der Waals surface area contributed by atoms with Gasteiger partial charge in [-0.1, -0.05) is 190 Å². The van der Waals surface area contributed by atoms with Crippen LogP contribution in [0.2, 0.25) is 0 Å².